The number of unbranched alkanes of at least 4 members (excludes halogenated alkanes) is 1. The minimum Gasteiger partial charge on any atom is -0.466 e. The first kappa shape index (κ1) is 17.2. The van der Waals surface area contributed by atoms with Crippen LogP contribution in [0.25, 0.3) is 0 Å². The van der Waals surface area contributed by atoms with Crippen LogP contribution in [0.2, 0.25) is 0 Å². The van der Waals surface area contributed by atoms with E-state index in [4.69, 9.17) is 9.47 Å². The highest BCUT2D eigenvalue weighted by Gasteiger charge is 2.38. The molecule has 1 rings (SSSR count). The lowest BCUT2D eigenvalue weighted by Crippen LogP contribution is -2.48. The average Bonchev–Trinajstić information content (AvgIpc) is 2.51. The molecule has 0 unspecified atom stereocenters. The first-order valence-corrected chi connectivity index (χ1v) is 7.25. The van der Waals surface area contributed by atoms with Crippen LogP contribution in [0, 0.1) is 5.92 Å². The molecule has 0 aromatic rings. The van der Waals surface area contributed by atoms with E-state index in [2.05, 4.69) is 0 Å². The van der Waals surface area contributed by atoms with Gasteiger partial charge < -0.3 is 19.2 Å². The predicted molar refractivity (Wildman–Crippen MR) is 76.3 cm³/mol. The Hall–Kier alpha value is -1.85. The summed E-state index contributed by atoms with van der Waals surface area (Å²) in [5.41, 5.74) is 0.409. The lowest BCUT2D eigenvalue weighted by Gasteiger charge is -2.36. The molecule has 0 radical (unpaired) electrons. The highest BCUT2D eigenvalue weighted by molar-refractivity contribution is 5.90. The van der Waals surface area contributed by atoms with Crippen molar-refractivity contribution in [3.63, 3.8) is 0 Å². The maximum absolute atomic E-state index is 12.1. The molecular formula is C15H23NO5. The lowest BCUT2D eigenvalue weighted by atomic mass is 9.88. The van der Waals surface area contributed by atoms with Crippen molar-refractivity contribution in [3.8, 4) is 0 Å². The number of aldehydes is 1. The van der Waals surface area contributed by atoms with Gasteiger partial charge in [-0.25, -0.2) is 9.59 Å². The summed E-state index contributed by atoms with van der Waals surface area (Å²) >= 11 is 0. The van der Waals surface area contributed by atoms with Crippen molar-refractivity contribution in [1.82, 2.24) is 4.90 Å². The number of rotatable bonds is 7. The van der Waals surface area contributed by atoms with Crippen LogP contribution in [0.4, 0.5) is 0 Å². The van der Waals surface area contributed by atoms with E-state index in [1.54, 1.807) is 18.0 Å². The number of carbonyl (C=O) groups excluding carboxylic acids is 3. The summed E-state index contributed by atoms with van der Waals surface area (Å²) in [7, 11) is 1.30. The van der Waals surface area contributed by atoms with Crippen LogP contribution in [-0.2, 0) is 23.9 Å². The number of hydrogen-bond donors (Lipinski definition) is 0. The van der Waals surface area contributed by atoms with Gasteiger partial charge in [0.25, 0.3) is 0 Å². The molecule has 1 heterocycles. The zero-order valence-electron chi connectivity index (χ0n) is 12.8. The summed E-state index contributed by atoms with van der Waals surface area (Å²) < 4.78 is 9.77. The molecule has 2 atom stereocenters. The molecule has 0 aromatic heterocycles. The van der Waals surface area contributed by atoms with Crippen molar-refractivity contribution in [2.45, 2.75) is 39.2 Å². The third-order valence-corrected chi connectivity index (χ3v) is 3.46. The van der Waals surface area contributed by atoms with Gasteiger partial charge >= 0.3 is 11.9 Å². The fourth-order valence-electron chi connectivity index (χ4n) is 2.42. The molecule has 0 N–H and O–H groups in total. The summed E-state index contributed by atoms with van der Waals surface area (Å²) in [6.07, 6.45) is 4.34. The molecule has 0 aromatic carbocycles. The van der Waals surface area contributed by atoms with E-state index in [9.17, 15) is 14.4 Å². The van der Waals surface area contributed by atoms with Crippen LogP contribution < -0.4 is 0 Å². The minimum atomic E-state index is -0.664. The summed E-state index contributed by atoms with van der Waals surface area (Å²) in [6.45, 7) is 4.61. The van der Waals surface area contributed by atoms with Crippen molar-refractivity contribution in [3.05, 3.63) is 11.8 Å². The number of esters is 2. The lowest BCUT2D eigenvalue weighted by molar-refractivity contribution is -0.153. The fraction of sp³-hybridized carbons (Fsp3) is 0.667. The maximum Gasteiger partial charge on any atom is 0.335 e. The summed E-state index contributed by atoms with van der Waals surface area (Å²) in [5.74, 6) is -1.49. The molecular weight excluding hydrogens is 274 g/mol. The van der Waals surface area contributed by atoms with Crippen molar-refractivity contribution < 1.29 is 23.9 Å². The van der Waals surface area contributed by atoms with Gasteiger partial charge in [-0.2, -0.15) is 0 Å². The van der Waals surface area contributed by atoms with Crippen LogP contribution >= 0.6 is 0 Å². The number of ether oxygens (including phenoxy) is 2. The predicted octanol–water partition coefficient (Wildman–Crippen LogP) is 1.30. The summed E-state index contributed by atoms with van der Waals surface area (Å²) in [5, 5.41) is 0. The standard InChI is InChI=1S/C15H23NO5/c1-4-6-7-16-9-11(14(18)20-3)8-12(10-17)13(16)15(19)21-5-2/h9-10,12-13H,4-8H2,1-3H3/t12-,13+/m1/s1. The van der Waals surface area contributed by atoms with Crippen molar-refractivity contribution in [2.75, 3.05) is 20.3 Å². The van der Waals surface area contributed by atoms with Gasteiger partial charge in [0.15, 0.2) is 0 Å². The summed E-state index contributed by atoms with van der Waals surface area (Å²) in [4.78, 5) is 36.9. The molecule has 6 heteroatoms. The van der Waals surface area contributed by atoms with Crippen LogP contribution in [0.3, 0.4) is 0 Å². The average molecular weight is 297 g/mol. The number of hydrogen-bond acceptors (Lipinski definition) is 6. The second kappa shape index (κ2) is 8.44. The van der Waals surface area contributed by atoms with E-state index in [0.717, 1.165) is 19.1 Å². The van der Waals surface area contributed by atoms with E-state index < -0.39 is 23.9 Å². The number of carbonyl (C=O) groups is 3. The Balaban J connectivity index is 3.06. The van der Waals surface area contributed by atoms with Crippen molar-refractivity contribution in [1.29, 1.82) is 0 Å². The molecule has 6 nitrogen and oxygen atoms in total. The van der Waals surface area contributed by atoms with Crippen LogP contribution in [-0.4, -0.2) is 49.4 Å². The SMILES string of the molecule is CCCCN1C=C(C(=O)OC)C[C@H](C=O)[C@H]1C(=O)OCC. The Labute approximate surface area is 125 Å². The molecule has 1 aliphatic heterocycles. The number of nitrogens with zero attached hydrogens (tertiary/aromatic N) is 1. The van der Waals surface area contributed by atoms with Gasteiger partial charge in [-0.3, -0.25) is 0 Å². The van der Waals surface area contributed by atoms with E-state index >= 15 is 0 Å². The van der Waals surface area contributed by atoms with E-state index in [1.165, 1.54) is 7.11 Å². The van der Waals surface area contributed by atoms with Crippen LogP contribution in [0.1, 0.15) is 33.1 Å². The highest BCUT2D eigenvalue weighted by Crippen LogP contribution is 2.27. The smallest absolute Gasteiger partial charge is 0.335 e. The second-order valence-electron chi connectivity index (χ2n) is 4.94. The maximum atomic E-state index is 12.1. The Kier molecular flexibility index (Phi) is 6.91. The van der Waals surface area contributed by atoms with Gasteiger partial charge in [-0.05, 0) is 19.8 Å². The third kappa shape index (κ3) is 4.31. The topological polar surface area (TPSA) is 72.9 Å². The van der Waals surface area contributed by atoms with Gasteiger partial charge in [-0.1, -0.05) is 13.3 Å². The largest absolute Gasteiger partial charge is 0.466 e. The highest BCUT2D eigenvalue weighted by atomic mass is 16.5. The molecule has 1 aliphatic rings. The first-order valence-electron chi connectivity index (χ1n) is 7.25. The monoisotopic (exact) mass is 297 g/mol. The Morgan fingerprint density at radius 3 is 2.67 bits per heavy atom. The van der Waals surface area contributed by atoms with Crippen LogP contribution in [0.15, 0.2) is 11.8 Å². The second-order valence-corrected chi connectivity index (χ2v) is 4.94. The Morgan fingerprint density at radius 2 is 2.14 bits per heavy atom. The molecule has 0 bridgehead atoms. The van der Waals surface area contributed by atoms with Crippen molar-refractivity contribution in [2.24, 2.45) is 5.92 Å². The van der Waals surface area contributed by atoms with Gasteiger partial charge in [0.05, 0.1) is 25.2 Å². The quantitative estimate of drug-likeness (QED) is 0.521. The summed E-state index contributed by atoms with van der Waals surface area (Å²) in [6, 6.07) is -0.664. The van der Waals surface area contributed by atoms with E-state index in [0.29, 0.717) is 12.1 Å². The van der Waals surface area contributed by atoms with Gasteiger partial charge in [0, 0.05) is 12.7 Å². The number of methoxy groups -OCH3 is 1. The third-order valence-electron chi connectivity index (χ3n) is 3.46. The first-order chi connectivity index (χ1) is 10.1. The zero-order chi connectivity index (χ0) is 15.8. The van der Waals surface area contributed by atoms with Gasteiger partial charge in [0.1, 0.15) is 12.3 Å². The normalized spacial score (nSPS) is 21.5. The zero-order valence-corrected chi connectivity index (χ0v) is 12.8. The molecule has 0 amide bonds. The molecule has 0 saturated heterocycles. The molecule has 0 fully saturated rings. The molecule has 0 spiro atoms. The fourth-order valence-corrected chi connectivity index (χ4v) is 2.42. The minimum absolute atomic E-state index is 0.197. The van der Waals surface area contributed by atoms with E-state index in [-0.39, 0.29) is 13.0 Å². The van der Waals surface area contributed by atoms with E-state index in [1.807, 2.05) is 6.92 Å². The molecule has 0 saturated carbocycles. The van der Waals surface area contributed by atoms with Gasteiger partial charge in [0.2, 0.25) is 0 Å². The molecule has 21 heavy (non-hydrogen) atoms. The Bertz CT molecular complexity index is 418. The molecule has 0 aliphatic carbocycles. The Morgan fingerprint density at radius 1 is 1.43 bits per heavy atom. The molecule has 118 valence electrons. The van der Waals surface area contributed by atoms with Crippen molar-refractivity contribution >= 4 is 18.2 Å². The van der Waals surface area contributed by atoms with Gasteiger partial charge in [-0.15, -0.1) is 0 Å². The van der Waals surface area contributed by atoms with Crippen LogP contribution in [0.5, 0.6) is 0 Å².